The van der Waals surface area contributed by atoms with Crippen molar-refractivity contribution >= 4 is 23.6 Å². The molecule has 1 heterocycles. The fraction of sp³-hybridized carbons (Fsp3) is 0.467. The molecule has 0 saturated carbocycles. The van der Waals surface area contributed by atoms with E-state index >= 15 is 0 Å². The second-order valence-electron chi connectivity index (χ2n) is 4.58. The van der Waals surface area contributed by atoms with Crippen molar-refractivity contribution in [2.45, 2.75) is 18.7 Å². The first kappa shape index (κ1) is 15.7. The first-order valence-electron chi connectivity index (χ1n) is 6.86. The molecule has 5 nitrogen and oxygen atoms in total. The number of amides is 1. The fourth-order valence-electron chi connectivity index (χ4n) is 2.19. The second-order valence-corrected chi connectivity index (χ2v) is 5.65. The Morgan fingerprint density at radius 1 is 1.38 bits per heavy atom. The summed E-state index contributed by atoms with van der Waals surface area (Å²) in [5.41, 5.74) is 1.04. The van der Waals surface area contributed by atoms with E-state index in [1.165, 1.54) is 0 Å². The van der Waals surface area contributed by atoms with E-state index in [1.54, 1.807) is 30.7 Å². The molecule has 0 aliphatic carbocycles. The number of nitrogens with zero attached hydrogens (tertiary/aromatic N) is 1. The van der Waals surface area contributed by atoms with E-state index in [0.29, 0.717) is 18.9 Å². The number of hydrogen-bond acceptors (Lipinski definition) is 5. The van der Waals surface area contributed by atoms with Crippen molar-refractivity contribution in [2.24, 2.45) is 0 Å². The zero-order valence-corrected chi connectivity index (χ0v) is 13.0. The Labute approximate surface area is 128 Å². The van der Waals surface area contributed by atoms with Crippen molar-refractivity contribution in [3.05, 3.63) is 29.8 Å². The molecule has 1 aromatic carbocycles. The Morgan fingerprint density at radius 2 is 2.10 bits per heavy atom. The van der Waals surface area contributed by atoms with E-state index in [-0.39, 0.29) is 23.7 Å². The molecule has 1 aromatic rings. The minimum atomic E-state index is -0.268. The number of carbonyl (C=O) groups is 2. The summed E-state index contributed by atoms with van der Waals surface area (Å²) in [6.07, 6.45) is 0.229. The van der Waals surface area contributed by atoms with Crippen molar-refractivity contribution in [1.82, 2.24) is 4.90 Å². The molecule has 21 heavy (non-hydrogen) atoms. The minimum Gasteiger partial charge on any atom is -0.497 e. The number of rotatable bonds is 6. The average Bonchev–Trinajstić information content (AvgIpc) is 2.86. The lowest BCUT2D eigenvalue weighted by atomic mass is 10.2. The summed E-state index contributed by atoms with van der Waals surface area (Å²) in [5, 5.41) is -0.0437. The monoisotopic (exact) mass is 309 g/mol. The van der Waals surface area contributed by atoms with Gasteiger partial charge >= 0.3 is 5.97 Å². The van der Waals surface area contributed by atoms with Crippen molar-refractivity contribution < 1.29 is 19.1 Å². The Morgan fingerprint density at radius 3 is 2.71 bits per heavy atom. The lowest BCUT2D eigenvalue weighted by Crippen LogP contribution is -2.30. The van der Waals surface area contributed by atoms with E-state index in [0.717, 1.165) is 11.3 Å². The van der Waals surface area contributed by atoms with E-state index in [4.69, 9.17) is 9.47 Å². The largest absolute Gasteiger partial charge is 0.497 e. The van der Waals surface area contributed by atoms with Crippen LogP contribution in [0.3, 0.4) is 0 Å². The number of hydrogen-bond donors (Lipinski definition) is 0. The first-order chi connectivity index (χ1) is 10.2. The SMILES string of the molecule is CCOC(=O)CCN1C(=O)CSC1c1ccc(OC)cc1. The number of benzene rings is 1. The Hall–Kier alpha value is -1.69. The van der Waals surface area contributed by atoms with Crippen molar-refractivity contribution in [1.29, 1.82) is 0 Å². The number of carbonyl (C=O) groups excluding carboxylic acids is 2. The Balaban J connectivity index is 2.03. The highest BCUT2D eigenvalue weighted by atomic mass is 32.2. The summed E-state index contributed by atoms with van der Waals surface area (Å²) >= 11 is 1.57. The van der Waals surface area contributed by atoms with E-state index in [9.17, 15) is 9.59 Å². The standard InChI is InChI=1S/C15H19NO4S/c1-3-20-14(18)8-9-16-13(17)10-21-15(16)11-4-6-12(19-2)7-5-11/h4-7,15H,3,8-10H2,1-2H3. The van der Waals surface area contributed by atoms with Gasteiger partial charge in [-0.05, 0) is 24.6 Å². The van der Waals surface area contributed by atoms with Gasteiger partial charge in [-0.3, -0.25) is 9.59 Å². The van der Waals surface area contributed by atoms with Crippen molar-refractivity contribution in [3.63, 3.8) is 0 Å². The van der Waals surface area contributed by atoms with Gasteiger partial charge in [-0.1, -0.05) is 12.1 Å². The van der Waals surface area contributed by atoms with Crippen LogP contribution in [0.15, 0.2) is 24.3 Å². The molecule has 0 spiro atoms. The maximum Gasteiger partial charge on any atom is 0.307 e. The number of ether oxygens (including phenoxy) is 2. The summed E-state index contributed by atoms with van der Waals surface area (Å²) in [4.78, 5) is 25.2. The summed E-state index contributed by atoms with van der Waals surface area (Å²) < 4.78 is 10.0. The predicted octanol–water partition coefficient (Wildman–Crippen LogP) is 2.22. The molecule has 1 saturated heterocycles. The van der Waals surface area contributed by atoms with Crippen LogP contribution in [0.25, 0.3) is 0 Å². The smallest absolute Gasteiger partial charge is 0.307 e. The number of esters is 1. The molecule has 0 bridgehead atoms. The van der Waals surface area contributed by atoms with Gasteiger partial charge in [-0.15, -0.1) is 11.8 Å². The topological polar surface area (TPSA) is 55.8 Å². The van der Waals surface area contributed by atoms with Gasteiger partial charge in [0, 0.05) is 6.54 Å². The van der Waals surface area contributed by atoms with Crippen LogP contribution >= 0.6 is 11.8 Å². The fourth-order valence-corrected chi connectivity index (χ4v) is 3.40. The van der Waals surface area contributed by atoms with Gasteiger partial charge in [0.2, 0.25) is 5.91 Å². The van der Waals surface area contributed by atoms with Crippen LogP contribution < -0.4 is 4.74 Å². The third-order valence-corrected chi connectivity index (χ3v) is 4.49. The highest BCUT2D eigenvalue weighted by molar-refractivity contribution is 8.00. The Bertz CT molecular complexity index is 503. The van der Waals surface area contributed by atoms with Gasteiger partial charge in [-0.2, -0.15) is 0 Å². The van der Waals surface area contributed by atoms with Gasteiger partial charge in [-0.25, -0.2) is 0 Å². The molecule has 114 valence electrons. The van der Waals surface area contributed by atoms with Crippen LogP contribution in [0.4, 0.5) is 0 Å². The summed E-state index contributed by atoms with van der Waals surface area (Å²) in [6.45, 7) is 2.53. The molecule has 1 aliphatic heterocycles. The van der Waals surface area contributed by atoms with Crippen LogP contribution in [0.2, 0.25) is 0 Å². The summed E-state index contributed by atoms with van der Waals surface area (Å²) in [5.74, 6) is 1.02. The molecule has 1 aliphatic rings. The van der Waals surface area contributed by atoms with Crippen LogP contribution in [0.5, 0.6) is 5.75 Å². The highest BCUT2D eigenvalue weighted by Gasteiger charge is 2.32. The van der Waals surface area contributed by atoms with Crippen molar-refractivity contribution in [2.75, 3.05) is 26.0 Å². The molecule has 1 unspecified atom stereocenters. The molecule has 0 N–H and O–H groups in total. The van der Waals surface area contributed by atoms with E-state index < -0.39 is 0 Å². The molecule has 1 amide bonds. The zero-order valence-electron chi connectivity index (χ0n) is 12.2. The highest BCUT2D eigenvalue weighted by Crippen LogP contribution is 2.39. The third kappa shape index (κ3) is 3.91. The molecular weight excluding hydrogens is 290 g/mol. The Kier molecular flexibility index (Phi) is 5.50. The lowest BCUT2D eigenvalue weighted by Gasteiger charge is -2.24. The molecule has 6 heteroatoms. The zero-order chi connectivity index (χ0) is 15.2. The summed E-state index contributed by atoms with van der Waals surface area (Å²) in [6, 6.07) is 7.66. The van der Waals surface area contributed by atoms with Gasteiger partial charge in [0.25, 0.3) is 0 Å². The average molecular weight is 309 g/mol. The van der Waals surface area contributed by atoms with Crippen LogP contribution in [0, 0.1) is 0 Å². The normalized spacial score (nSPS) is 17.9. The molecular formula is C15H19NO4S. The predicted molar refractivity (Wildman–Crippen MR) is 81.2 cm³/mol. The molecule has 2 rings (SSSR count). The molecule has 1 fully saturated rings. The van der Waals surface area contributed by atoms with Crippen LogP contribution in [-0.2, 0) is 14.3 Å². The molecule has 0 radical (unpaired) electrons. The quantitative estimate of drug-likeness (QED) is 0.754. The first-order valence-corrected chi connectivity index (χ1v) is 7.91. The van der Waals surface area contributed by atoms with Crippen LogP contribution in [-0.4, -0.2) is 42.8 Å². The van der Waals surface area contributed by atoms with E-state index in [1.807, 2.05) is 24.3 Å². The van der Waals surface area contributed by atoms with Crippen LogP contribution in [0.1, 0.15) is 24.3 Å². The minimum absolute atomic E-state index is 0.0437. The van der Waals surface area contributed by atoms with E-state index in [2.05, 4.69) is 0 Å². The van der Waals surface area contributed by atoms with Gasteiger partial charge in [0.1, 0.15) is 11.1 Å². The second kappa shape index (κ2) is 7.36. The maximum atomic E-state index is 12.0. The van der Waals surface area contributed by atoms with Gasteiger partial charge < -0.3 is 14.4 Å². The lowest BCUT2D eigenvalue weighted by molar-refractivity contribution is -0.143. The van der Waals surface area contributed by atoms with Crippen molar-refractivity contribution in [3.8, 4) is 5.75 Å². The van der Waals surface area contributed by atoms with Gasteiger partial charge in [0.15, 0.2) is 0 Å². The third-order valence-electron chi connectivity index (χ3n) is 3.23. The number of thioether (sulfide) groups is 1. The summed E-state index contributed by atoms with van der Waals surface area (Å²) in [7, 11) is 1.62. The maximum absolute atomic E-state index is 12.0. The van der Waals surface area contributed by atoms with Gasteiger partial charge in [0.05, 0.1) is 25.9 Å². The molecule has 0 aromatic heterocycles. The number of methoxy groups -OCH3 is 1. The molecule has 1 atom stereocenters.